The standard InChI is InChI=1S/C22H24N2O/c1-2-3-6-17-9-11-18(12-10-17)13-14-22(25)24-20-15-19-7-4-5-8-21(19)23-16-20/h4-5,7-12,15-16H,2-3,6,13-14H2,1H3,(H,24,25). The molecule has 128 valence electrons. The van der Waals surface area contributed by atoms with Crippen LogP contribution in [0, 0.1) is 0 Å². The van der Waals surface area contributed by atoms with Gasteiger partial charge in [-0.05, 0) is 42.5 Å². The smallest absolute Gasteiger partial charge is 0.224 e. The number of pyridine rings is 1. The molecule has 3 nitrogen and oxygen atoms in total. The van der Waals surface area contributed by atoms with E-state index in [0.29, 0.717) is 6.42 Å². The van der Waals surface area contributed by atoms with Crippen LogP contribution in [-0.4, -0.2) is 10.9 Å². The van der Waals surface area contributed by atoms with Crippen LogP contribution >= 0.6 is 0 Å². The number of anilines is 1. The molecule has 3 aromatic rings. The van der Waals surface area contributed by atoms with E-state index in [1.807, 2.05) is 30.3 Å². The van der Waals surface area contributed by atoms with Crippen molar-refractivity contribution in [3.05, 3.63) is 71.9 Å². The minimum atomic E-state index is 0.0205. The van der Waals surface area contributed by atoms with Crippen LogP contribution in [0.4, 0.5) is 5.69 Å². The summed E-state index contributed by atoms with van der Waals surface area (Å²) in [4.78, 5) is 16.6. The molecular formula is C22H24N2O. The van der Waals surface area contributed by atoms with Crippen LogP contribution in [-0.2, 0) is 17.6 Å². The fraction of sp³-hybridized carbons (Fsp3) is 0.273. The van der Waals surface area contributed by atoms with Crippen molar-refractivity contribution in [1.82, 2.24) is 4.98 Å². The Labute approximate surface area is 149 Å². The molecule has 0 aliphatic heterocycles. The molecule has 1 N–H and O–H groups in total. The number of aryl methyl sites for hydroxylation is 2. The average molecular weight is 332 g/mol. The number of unbranched alkanes of at least 4 members (excludes halogenated alkanes) is 1. The van der Waals surface area contributed by atoms with E-state index in [2.05, 4.69) is 41.5 Å². The Morgan fingerprint density at radius 3 is 2.48 bits per heavy atom. The highest BCUT2D eigenvalue weighted by molar-refractivity contribution is 5.93. The molecule has 1 amide bonds. The lowest BCUT2D eigenvalue weighted by atomic mass is 10.0. The third-order valence-electron chi connectivity index (χ3n) is 4.36. The van der Waals surface area contributed by atoms with Gasteiger partial charge in [-0.2, -0.15) is 0 Å². The van der Waals surface area contributed by atoms with Crippen molar-refractivity contribution < 1.29 is 4.79 Å². The second-order valence-corrected chi connectivity index (χ2v) is 6.38. The second-order valence-electron chi connectivity index (χ2n) is 6.38. The zero-order valence-corrected chi connectivity index (χ0v) is 14.7. The van der Waals surface area contributed by atoms with Crippen LogP contribution in [0.5, 0.6) is 0 Å². The SMILES string of the molecule is CCCCc1ccc(CCC(=O)Nc2cnc3ccccc3c2)cc1. The molecule has 1 aromatic heterocycles. The van der Waals surface area contributed by atoms with E-state index in [9.17, 15) is 4.79 Å². The zero-order chi connectivity index (χ0) is 17.5. The molecule has 0 radical (unpaired) electrons. The van der Waals surface area contributed by atoms with Gasteiger partial charge in [-0.3, -0.25) is 9.78 Å². The van der Waals surface area contributed by atoms with Crippen molar-refractivity contribution in [2.45, 2.75) is 39.0 Å². The predicted octanol–water partition coefficient (Wildman–Crippen LogP) is 5.15. The number of hydrogen-bond donors (Lipinski definition) is 1. The van der Waals surface area contributed by atoms with Crippen LogP contribution < -0.4 is 5.32 Å². The number of carbonyl (C=O) groups excluding carboxylic acids is 1. The van der Waals surface area contributed by atoms with Crippen LogP contribution in [0.2, 0.25) is 0 Å². The third kappa shape index (κ3) is 4.90. The lowest BCUT2D eigenvalue weighted by molar-refractivity contribution is -0.116. The third-order valence-corrected chi connectivity index (χ3v) is 4.36. The maximum Gasteiger partial charge on any atom is 0.224 e. The molecule has 3 heteroatoms. The van der Waals surface area contributed by atoms with Crippen LogP contribution in [0.25, 0.3) is 10.9 Å². The fourth-order valence-electron chi connectivity index (χ4n) is 2.87. The largest absolute Gasteiger partial charge is 0.325 e. The van der Waals surface area contributed by atoms with Gasteiger partial charge in [0.05, 0.1) is 17.4 Å². The van der Waals surface area contributed by atoms with E-state index in [1.54, 1.807) is 6.20 Å². The first kappa shape index (κ1) is 17.2. The van der Waals surface area contributed by atoms with Crippen LogP contribution in [0.15, 0.2) is 60.8 Å². The second kappa shape index (κ2) is 8.43. The number of nitrogens with zero attached hydrogens (tertiary/aromatic N) is 1. The van der Waals surface area contributed by atoms with Gasteiger partial charge in [0.15, 0.2) is 0 Å². The molecular weight excluding hydrogens is 308 g/mol. The lowest BCUT2D eigenvalue weighted by Gasteiger charge is -2.07. The number of carbonyl (C=O) groups is 1. The van der Waals surface area contributed by atoms with Crippen molar-refractivity contribution in [2.24, 2.45) is 0 Å². The molecule has 0 bridgehead atoms. The summed E-state index contributed by atoms with van der Waals surface area (Å²) in [6, 6.07) is 18.5. The van der Waals surface area contributed by atoms with Crippen LogP contribution in [0.1, 0.15) is 37.3 Å². The molecule has 0 fully saturated rings. The van der Waals surface area contributed by atoms with Gasteiger partial charge in [-0.25, -0.2) is 0 Å². The average Bonchev–Trinajstić information content (AvgIpc) is 2.65. The monoisotopic (exact) mass is 332 g/mol. The van der Waals surface area contributed by atoms with Gasteiger partial charge in [-0.15, -0.1) is 0 Å². The number of rotatable bonds is 7. The maximum absolute atomic E-state index is 12.2. The van der Waals surface area contributed by atoms with Gasteiger partial charge >= 0.3 is 0 Å². The van der Waals surface area contributed by atoms with Crippen molar-refractivity contribution in [1.29, 1.82) is 0 Å². The van der Waals surface area contributed by atoms with E-state index in [0.717, 1.165) is 29.4 Å². The number of aromatic nitrogens is 1. The van der Waals surface area contributed by atoms with Gasteiger partial charge in [-0.1, -0.05) is 55.8 Å². The molecule has 0 unspecified atom stereocenters. The van der Waals surface area contributed by atoms with E-state index in [4.69, 9.17) is 0 Å². The minimum absolute atomic E-state index is 0.0205. The van der Waals surface area contributed by atoms with Crippen molar-refractivity contribution in [3.63, 3.8) is 0 Å². The van der Waals surface area contributed by atoms with Crippen molar-refractivity contribution in [3.8, 4) is 0 Å². The number of benzene rings is 2. The molecule has 0 atom stereocenters. The Hall–Kier alpha value is -2.68. The number of nitrogens with one attached hydrogen (secondary N) is 1. The Bertz CT molecular complexity index is 840. The summed E-state index contributed by atoms with van der Waals surface area (Å²) in [5.41, 5.74) is 4.26. The summed E-state index contributed by atoms with van der Waals surface area (Å²) >= 11 is 0. The number of hydrogen-bond acceptors (Lipinski definition) is 2. The van der Waals surface area contributed by atoms with Gasteiger partial charge < -0.3 is 5.32 Å². The summed E-state index contributed by atoms with van der Waals surface area (Å²) < 4.78 is 0. The molecule has 3 rings (SSSR count). The summed E-state index contributed by atoms with van der Waals surface area (Å²) in [6.07, 6.45) is 6.50. The quantitative estimate of drug-likeness (QED) is 0.650. The highest BCUT2D eigenvalue weighted by Crippen LogP contribution is 2.16. The molecule has 0 aliphatic rings. The van der Waals surface area contributed by atoms with E-state index in [1.165, 1.54) is 24.0 Å². The van der Waals surface area contributed by atoms with Gasteiger partial charge in [0.2, 0.25) is 5.91 Å². The maximum atomic E-state index is 12.2. The summed E-state index contributed by atoms with van der Waals surface area (Å²) in [5.74, 6) is 0.0205. The zero-order valence-electron chi connectivity index (χ0n) is 14.7. The van der Waals surface area contributed by atoms with Gasteiger partial charge in [0, 0.05) is 11.8 Å². The first-order valence-corrected chi connectivity index (χ1v) is 8.97. The van der Waals surface area contributed by atoms with E-state index in [-0.39, 0.29) is 5.91 Å². The summed E-state index contributed by atoms with van der Waals surface area (Å²) in [6.45, 7) is 2.21. The van der Waals surface area contributed by atoms with Gasteiger partial charge in [0.25, 0.3) is 0 Å². The molecule has 0 aliphatic carbocycles. The normalized spacial score (nSPS) is 10.8. The Balaban J connectivity index is 1.53. The topological polar surface area (TPSA) is 42.0 Å². The molecule has 2 aromatic carbocycles. The molecule has 0 saturated carbocycles. The molecule has 1 heterocycles. The highest BCUT2D eigenvalue weighted by atomic mass is 16.1. The Morgan fingerprint density at radius 2 is 1.72 bits per heavy atom. The van der Waals surface area contributed by atoms with Crippen molar-refractivity contribution in [2.75, 3.05) is 5.32 Å². The van der Waals surface area contributed by atoms with Crippen molar-refractivity contribution >= 4 is 22.5 Å². The fourth-order valence-corrected chi connectivity index (χ4v) is 2.87. The lowest BCUT2D eigenvalue weighted by Crippen LogP contribution is -2.12. The summed E-state index contributed by atoms with van der Waals surface area (Å²) in [7, 11) is 0. The number of amides is 1. The predicted molar refractivity (Wildman–Crippen MR) is 104 cm³/mol. The molecule has 25 heavy (non-hydrogen) atoms. The molecule has 0 saturated heterocycles. The molecule has 0 spiro atoms. The Morgan fingerprint density at radius 1 is 1.00 bits per heavy atom. The van der Waals surface area contributed by atoms with Crippen LogP contribution in [0.3, 0.4) is 0 Å². The first-order valence-electron chi connectivity index (χ1n) is 8.97. The highest BCUT2D eigenvalue weighted by Gasteiger charge is 2.05. The van der Waals surface area contributed by atoms with E-state index >= 15 is 0 Å². The number of para-hydroxylation sites is 1. The number of fused-ring (bicyclic) bond motifs is 1. The van der Waals surface area contributed by atoms with E-state index < -0.39 is 0 Å². The Kier molecular flexibility index (Phi) is 5.78. The summed E-state index contributed by atoms with van der Waals surface area (Å²) in [5, 5.41) is 3.97. The first-order chi connectivity index (χ1) is 12.2. The van der Waals surface area contributed by atoms with Gasteiger partial charge in [0.1, 0.15) is 0 Å². The minimum Gasteiger partial charge on any atom is -0.325 e.